The summed E-state index contributed by atoms with van der Waals surface area (Å²) in [5.74, 6) is 0. The Kier molecular flexibility index (Phi) is 18.0. The molecule has 0 fully saturated rings. The largest absolute Gasteiger partial charge is 2.00 e. The van der Waals surface area contributed by atoms with Gasteiger partial charge < -0.3 is 16.9 Å². The van der Waals surface area contributed by atoms with E-state index in [2.05, 4.69) is 51.4 Å². The molecule has 0 aliphatic heterocycles. The summed E-state index contributed by atoms with van der Waals surface area (Å²) in [6, 6.07) is 10.9. The van der Waals surface area contributed by atoms with Gasteiger partial charge in [-0.05, 0) is 12.8 Å². The smallest absolute Gasteiger partial charge is 1.00 e. The Balaban J connectivity index is 0. The number of rotatable bonds is 13. The summed E-state index contributed by atoms with van der Waals surface area (Å²) in [7, 11) is 4.72. The molecule has 0 heterocycles. The van der Waals surface area contributed by atoms with E-state index in [0.717, 1.165) is 11.0 Å². The number of hydrogen-bond acceptors (Lipinski definition) is 0. The molecule has 0 saturated carbocycles. The second kappa shape index (κ2) is 16.5. The second-order valence-electron chi connectivity index (χ2n) is 7.49. The molecule has 0 atom stereocenters. The van der Waals surface area contributed by atoms with Crippen molar-refractivity contribution in [2.24, 2.45) is 0 Å². The van der Waals surface area contributed by atoms with Crippen molar-refractivity contribution >= 4 is 0 Å². The van der Waals surface area contributed by atoms with Crippen molar-refractivity contribution in [3.05, 3.63) is 35.9 Å². The van der Waals surface area contributed by atoms with Crippen molar-refractivity contribution in [2.45, 2.75) is 77.7 Å². The summed E-state index contributed by atoms with van der Waals surface area (Å²) in [5, 5.41) is 0. The molecule has 0 saturated heterocycles. The Labute approximate surface area is 168 Å². The van der Waals surface area contributed by atoms with Crippen LogP contribution in [-0.4, -0.2) is 25.1 Å². The van der Waals surface area contributed by atoms with E-state index >= 15 is 0 Å². The molecule has 0 N–H and O–H groups in total. The van der Waals surface area contributed by atoms with E-state index in [9.17, 15) is 0 Å². The molecule has 0 spiro atoms. The first-order chi connectivity index (χ1) is 10.6. The fourth-order valence-corrected chi connectivity index (χ4v) is 3.18. The number of benzene rings is 1. The first-order valence-electron chi connectivity index (χ1n) is 9.50. The van der Waals surface area contributed by atoms with Gasteiger partial charge >= 0.3 is 17.1 Å². The number of nitrogens with zero attached hydrogens (tertiary/aromatic N) is 1. The number of hydrogen-bond donors (Lipinski definition) is 0. The molecule has 0 aliphatic rings. The fourth-order valence-electron chi connectivity index (χ4n) is 3.18. The van der Waals surface area contributed by atoms with Crippen LogP contribution in [0.2, 0.25) is 0 Å². The van der Waals surface area contributed by atoms with Gasteiger partial charge in [-0.25, -0.2) is 0 Å². The molecular weight excluding hydrogens is 365 g/mol. The van der Waals surface area contributed by atoms with Gasteiger partial charge in [0.15, 0.2) is 0 Å². The topological polar surface area (TPSA) is 0 Å². The summed E-state index contributed by atoms with van der Waals surface area (Å²) >= 11 is 0. The van der Waals surface area contributed by atoms with E-state index in [1.54, 1.807) is 0 Å². The molecule has 1 aromatic rings. The maximum Gasteiger partial charge on any atom is 2.00 e. The average molecular weight is 404 g/mol. The molecule has 143 valence electrons. The van der Waals surface area contributed by atoms with Crippen LogP contribution < -0.4 is 12.4 Å². The SMILES string of the molecule is CCCCCCCCCCCC[N+](C)(C)Cc1ccccc1.[Cl-].[Cu+2]. The minimum absolute atomic E-state index is 0. The quantitative estimate of drug-likeness (QED) is 0.270. The molecule has 1 radical (unpaired) electrons. The van der Waals surface area contributed by atoms with Gasteiger partial charge in [-0.3, -0.25) is 0 Å². The maximum absolute atomic E-state index is 2.36. The molecule has 1 aromatic carbocycles. The van der Waals surface area contributed by atoms with Crippen LogP contribution in [0, 0.1) is 0 Å². The predicted molar refractivity (Wildman–Crippen MR) is 99.0 cm³/mol. The van der Waals surface area contributed by atoms with Crippen LogP contribution in [0.15, 0.2) is 30.3 Å². The Bertz CT molecular complexity index is 367. The molecule has 0 unspecified atom stereocenters. The molecule has 3 heteroatoms. The zero-order valence-corrected chi connectivity index (χ0v) is 17.7. The van der Waals surface area contributed by atoms with Crippen molar-refractivity contribution in [3.63, 3.8) is 0 Å². The Morgan fingerprint density at radius 3 is 1.67 bits per heavy atom. The summed E-state index contributed by atoms with van der Waals surface area (Å²) < 4.78 is 1.11. The van der Waals surface area contributed by atoms with E-state index in [1.807, 2.05) is 0 Å². The van der Waals surface area contributed by atoms with Crippen LogP contribution in [0.1, 0.15) is 76.7 Å². The van der Waals surface area contributed by atoms with Crippen molar-refractivity contribution in [2.75, 3.05) is 20.6 Å². The zero-order chi connectivity index (χ0) is 16.1. The summed E-state index contributed by atoms with van der Waals surface area (Å²) in [6.07, 6.45) is 14.2. The molecular formula is C21H38ClCuN+2. The van der Waals surface area contributed by atoms with Crippen LogP contribution in [0.25, 0.3) is 0 Å². The minimum atomic E-state index is 0. The minimum Gasteiger partial charge on any atom is -1.00 e. The molecule has 0 aromatic heterocycles. The standard InChI is InChI=1S/C21H38N.ClH.Cu/c1-4-5-6-7-8-9-10-11-12-16-19-22(2,3)20-21-17-14-13-15-18-21;;/h13-15,17-18H,4-12,16,19-20H2,1-3H3;1H;/q+1;;+2/p-1. The molecule has 0 bridgehead atoms. The van der Waals surface area contributed by atoms with Gasteiger partial charge in [0.05, 0.1) is 20.6 Å². The van der Waals surface area contributed by atoms with Gasteiger partial charge in [-0.2, -0.15) is 0 Å². The molecule has 24 heavy (non-hydrogen) atoms. The van der Waals surface area contributed by atoms with Crippen molar-refractivity contribution in [3.8, 4) is 0 Å². The van der Waals surface area contributed by atoms with Crippen LogP contribution in [-0.2, 0) is 23.6 Å². The predicted octanol–water partition coefficient (Wildman–Crippen LogP) is 3.19. The summed E-state index contributed by atoms with van der Waals surface area (Å²) in [4.78, 5) is 0. The number of quaternary nitrogens is 1. The third-order valence-corrected chi connectivity index (χ3v) is 4.57. The third kappa shape index (κ3) is 14.3. The van der Waals surface area contributed by atoms with Gasteiger partial charge in [0, 0.05) is 5.56 Å². The van der Waals surface area contributed by atoms with Crippen molar-refractivity contribution < 1.29 is 34.0 Å². The van der Waals surface area contributed by atoms with E-state index in [-0.39, 0.29) is 29.5 Å². The van der Waals surface area contributed by atoms with Crippen LogP contribution in [0.3, 0.4) is 0 Å². The van der Waals surface area contributed by atoms with Gasteiger partial charge in [0.2, 0.25) is 0 Å². The third-order valence-electron chi connectivity index (χ3n) is 4.57. The second-order valence-corrected chi connectivity index (χ2v) is 7.49. The fraction of sp³-hybridized carbons (Fsp3) is 0.714. The Morgan fingerprint density at radius 1 is 0.708 bits per heavy atom. The van der Waals surface area contributed by atoms with Gasteiger partial charge in [-0.1, -0.05) is 88.6 Å². The number of halogens is 1. The van der Waals surface area contributed by atoms with Crippen LogP contribution in [0.5, 0.6) is 0 Å². The zero-order valence-electron chi connectivity index (χ0n) is 16.0. The number of unbranched alkanes of at least 4 members (excludes halogenated alkanes) is 9. The molecule has 1 nitrogen and oxygen atoms in total. The van der Waals surface area contributed by atoms with Crippen LogP contribution in [0.4, 0.5) is 0 Å². The van der Waals surface area contributed by atoms with E-state index in [1.165, 1.54) is 76.3 Å². The first-order valence-corrected chi connectivity index (χ1v) is 9.50. The maximum atomic E-state index is 2.36. The first kappa shape index (κ1) is 26.2. The molecule has 0 aliphatic carbocycles. The Hall–Kier alpha value is -0.0105. The molecule has 0 amide bonds. The van der Waals surface area contributed by atoms with Gasteiger partial charge in [-0.15, -0.1) is 0 Å². The normalized spacial score (nSPS) is 10.8. The monoisotopic (exact) mass is 402 g/mol. The van der Waals surface area contributed by atoms with E-state index in [0.29, 0.717) is 0 Å². The van der Waals surface area contributed by atoms with Gasteiger partial charge in [0.25, 0.3) is 0 Å². The summed E-state index contributed by atoms with van der Waals surface area (Å²) in [6.45, 7) is 4.74. The van der Waals surface area contributed by atoms with E-state index in [4.69, 9.17) is 0 Å². The van der Waals surface area contributed by atoms with Crippen molar-refractivity contribution in [1.29, 1.82) is 0 Å². The Morgan fingerprint density at radius 2 is 1.17 bits per heavy atom. The van der Waals surface area contributed by atoms with Crippen molar-refractivity contribution in [1.82, 2.24) is 0 Å². The van der Waals surface area contributed by atoms with E-state index < -0.39 is 0 Å². The van der Waals surface area contributed by atoms with Gasteiger partial charge in [0.1, 0.15) is 6.54 Å². The molecule has 1 rings (SSSR count). The average Bonchev–Trinajstić information content (AvgIpc) is 2.49. The summed E-state index contributed by atoms with van der Waals surface area (Å²) in [5.41, 5.74) is 1.46. The van der Waals surface area contributed by atoms with Crippen LogP contribution >= 0.6 is 0 Å².